The fourth-order valence-electron chi connectivity index (χ4n) is 2.98. The summed E-state index contributed by atoms with van der Waals surface area (Å²) in [7, 11) is 2.07. The molecule has 0 aliphatic carbocycles. The summed E-state index contributed by atoms with van der Waals surface area (Å²) in [4.78, 5) is 15.9. The Bertz CT molecular complexity index is 1090. The van der Waals surface area contributed by atoms with Gasteiger partial charge in [-0.2, -0.15) is 5.10 Å². The molecule has 29 heavy (non-hydrogen) atoms. The zero-order chi connectivity index (χ0) is 20.1. The maximum absolute atomic E-state index is 4.76. The van der Waals surface area contributed by atoms with Crippen molar-refractivity contribution in [2.75, 3.05) is 12.5 Å². The molecule has 1 aromatic carbocycles. The molecule has 0 saturated heterocycles. The average Bonchev–Trinajstić information content (AvgIpc) is 3.16. The lowest BCUT2D eigenvalue weighted by molar-refractivity contribution is 0.311. The molecule has 6 nitrogen and oxygen atoms in total. The van der Waals surface area contributed by atoms with Gasteiger partial charge in [-0.15, -0.1) is 0 Å². The molecule has 0 saturated carbocycles. The van der Waals surface area contributed by atoms with E-state index in [1.807, 2.05) is 67.7 Å². The molecule has 4 rings (SSSR count). The van der Waals surface area contributed by atoms with Gasteiger partial charge in [-0.1, -0.05) is 35.6 Å². The molecular weight excluding hydrogens is 380 g/mol. The summed E-state index contributed by atoms with van der Waals surface area (Å²) in [6, 6.07) is 20.1. The van der Waals surface area contributed by atoms with E-state index in [4.69, 9.17) is 4.98 Å². The molecule has 0 fully saturated rings. The minimum Gasteiger partial charge on any atom is -0.295 e. The van der Waals surface area contributed by atoms with Crippen molar-refractivity contribution in [2.45, 2.75) is 20.0 Å². The highest BCUT2D eigenvalue weighted by atomic mass is 32.1. The second-order valence-corrected chi connectivity index (χ2v) is 7.83. The number of thiazole rings is 1. The number of nitrogens with zero attached hydrogens (tertiary/aromatic N) is 5. The summed E-state index contributed by atoms with van der Waals surface area (Å²) >= 11 is 1.58. The zero-order valence-corrected chi connectivity index (χ0v) is 17.2. The van der Waals surface area contributed by atoms with E-state index in [2.05, 4.69) is 38.5 Å². The number of aromatic nitrogens is 3. The zero-order valence-electron chi connectivity index (χ0n) is 16.4. The van der Waals surface area contributed by atoms with Crippen LogP contribution in [0.1, 0.15) is 24.0 Å². The van der Waals surface area contributed by atoms with Gasteiger partial charge in [0, 0.05) is 19.3 Å². The minimum absolute atomic E-state index is 0.739. The van der Waals surface area contributed by atoms with E-state index in [1.54, 1.807) is 11.3 Å². The highest BCUT2D eigenvalue weighted by Crippen LogP contribution is 2.25. The van der Waals surface area contributed by atoms with E-state index in [-0.39, 0.29) is 0 Å². The van der Waals surface area contributed by atoms with Gasteiger partial charge >= 0.3 is 0 Å². The number of hydrazone groups is 1. The number of nitrogens with one attached hydrogen (secondary N) is 1. The number of rotatable bonds is 7. The number of hydrogen-bond acceptors (Lipinski definition) is 7. The van der Waals surface area contributed by atoms with Gasteiger partial charge in [0.15, 0.2) is 0 Å². The third kappa shape index (κ3) is 5.01. The molecule has 0 aliphatic rings. The highest BCUT2D eigenvalue weighted by Gasteiger charge is 2.07. The molecule has 0 amide bonds. The molecule has 0 bridgehead atoms. The molecule has 1 N–H and O–H groups in total. The van der Waals surface area contributed by atoms with Gasteiger partial charge in [0.25, 0.3) is 0 Å². The maximum atomic E-state index is 4.76. The molecule has 7 heteroatoms. The van der Waals surface area contributed by atoms with Crippen LogP contribution < -0.4 is 5.43 Å². The quantitative estimate of drug-likeness (QED) is 0.363. The van der Waals surface area contributed by atoms with Crippen molar-refractivity contribution in [1.82, 2.24) is 19.9 Å². The summed E-state index contributed by atoms with van der Waals surface area (Å²) in [5, 5.41) is 5.25. The Kier molecular flexibility index (Phi) is 5.88. The van der Waals surface area contributed by atoms with E-state index >= 15 is 0 Å². The first-order valence-electron chi connectivity index (χ1n) is 9.38. The van der Waals surface area contributed by atoms with Crippen LogP contribution in [0.4, 0.5) is 5.13 Å². The van der Waals surface area contributed by atoms with Crippen LogP contribution in [0.25, 0.3) is 10.2 Å². The summed E-state index contributed by atoms with van der Waals surface area (Å²) in [6.07, 6.45) is 1.82. The van der Waals surface area contributed by atoms with Gasteiger partial charge in [-0.05, 0) is 50.4 Å². The fourth-order valence-corrected chi connectivity index (χ4v) is 3.79. The first-order valence-corrected chi connectivity index (χ1v) is 10.2. The van der Waals surface area contributed by atoms with Gasteiger partial charge in [0.1, 0.15) is 0 Å². The second-order valence-electron chi connectivity index (χ2n) is 6.80. The van der Waals surface area contributed by atoms with Crippen molar-refractivity contribution in [3.05, 3.63) is 83.9 Å². The third-order valence-corrected chi connectivity index (χ3v) is 5.32. The van der Waals surface area contributed by atoms with Gasteiger partial charge < -0.3 is 0 Å². The summed E-state index contributed by atoms with van der Waals surface area (Å²) in [5.41, 5.74) is 7.75. The Morgan fingerprint density at radius 2 is 1.76 bits per heavy atom. The van der Waals surface area contributed by atoms with Crippen LogP contribution >= 0.6 is 11.3 Å². The third-order valence-electron chi connectivity index (χ3n) is 4.38. The molecule has 3 heterocycles. The van der Waals surface area contributed by atoms with E-state index in [9.17, 15) is 0 Å². The second kappa shape index (κ2) is 8.89. The monoisotopic (exact) mass is 402 g/mol. The molecule has 0 unspecified atom stereocenters. The summed E-state index contributed by atoms with van der Waals surface area (Å²) in [5.74, 6) is 0. The Hall–Kier alpha value is -3.16. The lowest BCUT2D eigenvalue weighted by Gasteiger charge is -2.16. The molecule has 146 valence electrons. The largest absolute Gasteiger partial charge is 0.295 e. The SMILES string of the molecule is C/C(=N\Nc1nc2ccccc2s1)c1cccc(CN(C)Cc2ccccn2)n1. The minimum atomic E-state index is 0.739. The van der Waals surface area contributed by atoms with Crippen LogP contribution in [0.2, 0.25) is 0 Å². The van der Waals surface area contributed by atoms with Crippen LogP contribution in [0.15, 0.2) is 72.0 Å². The summed E-state index contributed by atoms with van der Waals surface area (Å²) in [6.45, 7) is 3.46. The first-order chi connectivity index (χ1) is 14.2. The van der Waals surface area contributed by atoms with Crippen molar-refractivity contribution in [3.8, 4) is 0 Å². The van der Waals surface area contributed by atoms with Crippen molar-refractivity contribution < 1.29 is 0 Å². The molecular formula is C22H22N6S. The number of fused-ring (bicyclic) bond motifs is 1. The Balaban J connectivity index is 1.42. The van der Waals surface area contributed by atoms with E-state index < -0.39 is 0 Å². The van der Waals surface area contributed by atoms with Crippen molar-refractivity contribution in [3.63, 3.8) is 0 Å². The van der Waals surface area contributed by atoms with Gasteiger partial charge in [0.2, 0.25) is 5.13 Å². The van der Waals surface area contributed by atoms with Crippen molar-refractivity contribution >= 4 is 32.4 Å². The molecule has 0 radical (unpaired) electrons. The smallest absolute Gasteiger partial charge is 0.204 e. The first kappa shape index (κ1) is 19.2. The number of pyridine rings is 2. The van der Waals surface area contributed by atoms with Crippen LogP contribution in [0.5, 0.6) is 0 Å². The van der Waals surface area contributed by atoms with Crippen molar-refractivity contribution in [2.24, 2.45) is 5.10 Å². The predicted molar refractivity (Wildman–Crippen MR) is 119 cm³/mol. The summed E-state index contributed by atoms with van der Waals surface area (Å²) < 4.78 is 1.14. The Morgan fingerprint density at radius 1 is 0.966 bits per heavy atom. The molecule has 0 aliphatic heterocycles. The lowest BCUT2D eigenvalue weighted by Crippen LogP contribution is -2.19. The van der Waals surface area contributed by atoms with Crippen molar-refractivity contribution in [1.29, 1.82) is 0 Å². The highest BCUT2D eigenvalue weighted by molar-refractivity contribution is 7.22. The van der Waals surface area contributed by atoms with E-state index in [1.165, 1.54) is 0 Å². The number of benzene rings is 1. The van der Waals surface area contributed by atoms with Gasteiger partial charge in [0.05, 0.1) is 33.0 Å². The normalized spacial score (nSPS) is 11.9. The lowest BCUT2D eigenvalue weighted by atomic mass is 10.2. The molecule has 0 spiro atoms. The fraction of sp³-hybridized carbons (Fsp3) is 0.182. The Labute approximate surface area is 174 Å². The average molecular weight is 403 g/mol. The number of para-hydroxylation sites is 1. The van der Waals surface area contributed by atoms with Crippen LogP contribution in [-0.2, 0) is 13.1 Å². The number of anilines is 1. The van der Waals surface area contributed by atoms with Crippen LogP contribution in [0.3, 0.4) is 0 Å². The predicted octanol–water partition coefficient (Wildman–Crippen LogP) is 4.55. The number of hydrogen-bond donors (Lipinski definition) is 1. The van der Waals surface area contributed by atoms with Crippen LogP contribution in [-0.4, -0.2) is 32.6 Å². The maximum Gasteiger partial charge on any atom is 0.204 e. The molecule has 4 aromatic rings. The van der Waals surface area contributed by atoms with Gasteiger partial charge in [-0.3, -0.25) is 20.3 Å². The van der Waals surface area contributed by atoms with Gasteiger partial charge in [-0.25, -0.2) is 4.98 Å². The van der Waals surface area contributed by atoms with E-state index in [0.29, 0.717) is 0 Å². The Morgan fingerprint density at radius 3 is 2.59 bits per heavy atom. The van der Waals surface area contributed by atoms with Crippen LogP contribution in [0, 0.1) is 0 Å². The van der Waals surface area contributed by atoms with E-state index in [0.717, 1.165) is 51.2 Å². The topological polar surface area (TPSA) is 66.3 Å². The molecule has 3 aromatic heterocycles. The standard InChI is InChI=1S/C22H22N6S/c1-16(26-27-22-25-20-10-3-4-12-21(20)29-22)19-11-7-9-18(24-19)15-28(2)14-17-8-5-6-13-23-17/h3-13H,14-15H2,1-2H3,(H,25,27)/b26-16+. The molecule has 0 atom stereocenters.